The Labute approximate surface area is 162 Å². The number of nitrogens with zero attached hydrogens (tertiary/aromatic N) is 2. The molecular formula is C21H21N3O4. The highest BCUT2D eigenvalue weighted by Gasteiger charge is 2.08. The van der Waals surface area contributed by atoms with E-state index >= 15 is 0 Å². The summed E-state index contributed by atoms with van der Waals surface area (Å²) in [5.41, 5.74) is 3.16. The number of ether oxygens (including phenoxy) is 2. The number of benzene rings is 2. The summed E-state index contributed by atoms with van der Waals surface area (Å²) >= 11 is 0. The molecule has 2 aromatic carbocycles. The van der Waals surface area contributed by atoms with Gasteiger partial charge in [-0.3, -0.25) is 9.59 Å². The first-order valence-electron chi connectivity index (χ1n) is 8.71. The Bertz CT molecular complexity index is 1040. The Morgan fingerprint density at radius 3 is 2.46 bits per heavy atom. The molecule has 0 radical (unpaired) electrons. The summed E-state index contributed by atoms with van der Waals surface area (Å²) in [7, 11) is 1.58. The Morgan fingerprint density at radius 2 is 1.79 bits per heavy atom. The van der Waals surface area contributed by atoms with Crippen molar-refractivity contribution in [3.63, 3.8) is 0 Å². The Hall–Kier alpha value is -3.61. The third-order valence-corrected chi connectivity index (χ3v) is 4.24. The molecule has 0 bridgehead atoms. The van der Waals surface area contributed by atoms with E-state index < -0.39 is 0 Å². The molecule has 1 heterocycles. The van der Waals surface area contributed by atoms with Crippen LogP contribution in [0.4, 0.5) is 5.69 Å². The molecule has 0 saturated carbocycles. The standard InChI is InChI=1S/C21H21N3O4/c1-14-4-7-17(12-15(14)2)24-21(26)11-10-20(23-24)28-13-19(25)22-16-5-8-18(27-3)9-6-16/h4-12H,13H2,1-3H3,(H,22,25). The van der Waals surface area contributed by atoms with Crippen molar-refractivity contribution in [2.24, 2.45) is 0 Å². The van der Waals surface area contributed by atoms with Crippen LogP contribution < -0.4 is 20.3 Å². The molecule has 0 unspecified atom stereocenters. The SMILES string of the molecule is COc1ccc(NC(=O)COc2ccc(=O)n(-c3ccc(C)c(C)c3)n2)cc1. The highest BCUT2D eigenvalue weighted by molar-refractivity contribution is 5.91. The predicted octanol–water partition coefficient (Wildman–Crippen LogP) is 2.88. The van der Waals surface area contributed by atoms with Crippen molar-refractivity contribution < 1.29 is 14.3 Å². The molecule has 144 valence electrons. The Kier molecular flexibility index (Phi) is 5.74. The fourth-order valence-electron chi connectivity index (χ4n) is 2.52. The average molecular weight is 379 g/mol. The zero-order chi connectivity index (χ0) is 20.1. The molecule has 0 saturated heterocycles. The topological polar surface area (TPSA) is 82.5 Å². The lowest BCUT2D eigenvalue weighted by molar-refractivity contribution is -0.118. The first-order valence-corrected chi connectivity index (χ1v) is 8.71. The molecule has 0 fully saturated rings. The van der Waals surface area contributed by atoms with Gasteiger partial charge in [-0.2, -0.15) is 4.68 Å². The van der Waals surface area contributed by atoms with Gasteiger partial charge in [0, 0.05) is 17.8 Å². The molecule has 0 aliphatic rings. The number of aromatic nitrogens is 2. The van der Waals surface area contributed by atoms with Crippen molar-refractivity contribution in [1.82, 2.24) is 9.78 Å². The van der Waals surface area contributed by atoms with E-state index in [1.807, 2.05) is 32.0 Å². The van der Waals surface area contributed by atoms with Crippen molar-refractivity contribution in [1.29, 1.82) is 0 Å². The maximum Gasteiger partial charge on any atom is 0.271 e. The molecule has 3 rings (SSSR count). The Balaban J connectivity index is 1.68. The maximum atomic E-state index is 12.2. The number of anilines is 1. The normalized spacial score (nSPS) is 10.4. The smallest absolute Gasteiger partial charge is 0.271 e. The molecule has 0 spiro atoms. The van der Waals surface area contributed by atoms with Gasteiger partial charge in [0.15, 0.2) is 6.61 Å². The van der Waals surface area contributed by atoms with Crippen LogP contribution in [0, 0.1) is 13.8 Å². The number of aryl methyl sites for hydroxylation is 2. The van der Waals surface area contributed by atoms with Crippen LogP contribution in [0.25, 0.3) is 5.69 Å². The molecule has 7 nitrogen and oxygen atoms in total. The lowest BCUT2D eigenvalue weighted by Gasteiger charge is -2.10. The zero-order valence-electron chi connectivity index (χ0n) is 15.9. The van der Waals surface area contributed by atoms with E-state index in [1.165, 1.54) is 16.8 Å². The molecule has 0 aliphatic carbocycles. The number of nitrogens with one attached hydrogen (secondary N) is 1. The van der Waals surface area contributed by atoms with Gasteiger partial charge in [-0.05, 0) is 61.4 Å². The number of hydrogen-bond donors (Lipinski definition) is 1. The van der Waals surface area contributed by atoms with E-state index in [2.05, 4.69) is 10.4 Å². The number of methoxy groups -OCH3 is 1. The van der Waals surface area contributed by atoms with Crippen LogP contribution in [0.3, 0.4) is 0 Å². The van der Waals surface area contributed by atoms with Crippen LogP contribution in [-0.4, -0.2) is 29.4 Å². The van der Waals surface area contributed by atoms with E-state index in [9.17, 15) is 9.59 Å². The number of carbonyl (C=O) groups excluding carboxylic acids is 1. The second-order valence-corrected chi connectivity index (χ2v) is 6.26. The largest absolute Gasteiger partial charge is 0.497 e. The predicted molar refractivity (Wildman–Crippen MR) is 106 cm³/mol. The summed E-state index contributed by atoms with van der Waals surface area (Å²) in [5, 5.41) is 6.92. The fourth-order valence-corrected chi connectivity index (χ4v) is 2.52. The minimum atomic E-state index is -0.337. The average Bonchev–Trinajstić information content (AvgIpc) is 2.70. The molecule has 1 N–H and O–H groups in total. The van der Waals surface area contributed by atoms with E-state index in [0.29, 0.717) is 17.1 Å². The second-order valence-electron chi connectivity index (χ2n) is 6.26. The van der Waals surface area contributed by atoms with Crippen molar-refractivity contribution in [2.75, 3.05) is 19.0 Å². The van der Waals surface area contributed by atoms with Gasteiger partial charge >= 0.3 is 0 Å². The lowest BCUT2D eigenvalue weighted by Crippen LogP contribution is -2.23. The molecular weight excluding hydrogens is 358 g/mol. The van der Waals surface area contributed by atoms with Crippen LogP contribution in [0.5, 0.6) is 11.6 Å². The van der Waals surface area contributed by atoms with E-state index in [-0.39, 0.29) is 24.0 Å². The van der Waals surface area contributed by atoms with Gasteiger partial charge in [0.25, 0.3) is 11.5 Å². The summed E-state index contributed by atoms with van der Waals surface area (Å²) in [4.78, 5) is 24.2. The van der Waals surface area contributed by atoms with Crippen molar-refractivity contribution in [3.8, 4) is 17.3 Å². The molecule has 3 aromatic rings. The first-order chi connectivity index (χ1) is 13.5. The van der Waals surface area contributed by atoms with Crippen LogP contribution in [0.2, 0.25) is 0 Å². The van der Waals surface area contributed by atoms with Gasteiger partial charge in [-0.25, -0.2) is 0 Å². The molecule has 1 aromatic heterocycles. The minimum absolute atomic E-state index is 0.183. The number of carbonyl (C=O) groups is 1. The highest BCUT2D eigenvalue weighted by Crippen LogP contribution is 2.15. The van der Waals surface area contributed by atoms with Gasteiger partial charge in [0.2, 0.25) is 5.88 Å². The fraction of sp³-hybridized carbons (Fsp3) is 0.190. The maximum absolute atomic E-state index is 12.2. The van der Waals surface area contributed by atoms with Gasteiger partial charge in [-0.1, -0.05) is 6.07 Å². The van der Waals surface area contributed by atoms with Crippen molar-refractivity contribution in [2.45, 2.75) is 13.8 Å². The van der Waals surface area contributed by atoms with E-state index in [4.69, 9.17) is 9.47 Å². The number of amides is 1. The van der Waals surface area contributed by atoms with Gasteiger partial charge in [-0.15, -0.1) is 5.10 Å². The van der Waals surface area contributed by atoms with Gasteiger partial charge in [0.05, 0.1) is 12.8 Å². The van der Waals surface area contributed by atoms with Crippen molar-refractivity contribution in [3.05, 3.63) is 76.1 Å². The van der Waals surface area contributed by atoms with Crippen LogP contribution in [0.1, 0.15) is 11.1 Å². The second kappa shape index (κ2) is 8.39. The Morgan fingerprint density at radius 1 is 1.04 bits per heavy atom. The molecule has 1 amide bonds. The highest BCUT2D eigenvalue weighted by atomic mass is 16.5. The zero-order valence-corrected chi connectivity index (χ0v) is 15.9. The quantitative estimate of drug-likeness (QED) is 0.712. The lowest BCUT2D eigenvalue weighted by atomic mass is 10.1. The van der Waals surface area contributed by atoms with E-state index in [1.54, 1.807) is 31.4 Å². The summed E-state index contributed by atoms with van der Waals surface area (Å²) in [6.07, 6.45) is 0. The molecule has 28 heavy (non-hydrogen) atoms. The minimum Gasteiger partial charge on any atom is -0.497 e. The molecule has 7 heteroatoms. The van der Waals surface area contributed by atoms with Gasteiger partial charge in [0.1, 0.15) is 5.75 Å². The molecule has 0 atom stereocenters. The number of hydrogen-bond acceptors (Lipinski definition) is 5. The summed E-state index contributed by atoms with van der Waals surface area (Å²) in [6.45, 7) is 3.73. The summed E-state index contributed by atoms with van der Waals surface area (Å²) in [5.74, 6) is 0.547. The third-order valence-electron chi connectivity index (χ3n) is 4.24. The van der Waals surface area contributed by atoms with Crippen LogP contribution in [0.15, 0.2) is 59.4 Å². The van der Waals surface area contributed by atoms with Gasteiger partial charge < -0.3 is 14.8 Å². The van der Waals surface area contributed by atoms with Crippen LogP contribution >= 0.6 is 0 Å². The molecule has 0 aliphatic heterocycles. The third kappa shape index (κ3) is 4.56. The van der Waals surface area contributed by atoms with Crippen LogP contribution in [-0.2, 0) is 4.79 Å². The monoisotopic (exact) mass is 379 g/mol. The summed E-state index contributed by atoms with van der Waals surface area (Å²) < 4.78 is 11.8. The van der Waals surface area contributed by atoms with Crippen molar-refractivity contribution >= 4 is 11.6 Å². The van der Waals surface area contributed by atoms with E-state index in [0.717, 1.165) is 11.1 Å². The number of rotatable bonds is 6. The summed E-state index contributed by atoms with van der Waals surface area (Å²) in [6, 6.07) is 15.4. The first kappa shape index (κ1) is 19.2.